The van der Waals surface area contributed by atoms with E-state index in [2.05, 4.69) is 19.5 Å². The second-order valence-corrected chi connectivity index (χ2v) is 5.54. The van der Waals surface area contributed by atoms with Crippen LogP contribution in [0.25, 0.3) is 11.0 Å². The Hall–Kier alpha value is -1.46. The van der Waals surface area contributed by atoms with Crippen molar-refractivity contribution >= 4 is 34.0 Å². The monoisotopic (exact) mass is 278 g/mol. The van der Waals surface area contributed by atoms with E-state index in [9.17, 15) is 0 Å². The fourth-order valence-corrected chi connectivity index (χ4v) is 2.93. The Bertz CT molecular complexity index is 688. The van der Waals surface area contributed by atoms with E-state index in [0.717, 1.165) is 28.4 Å². The summed E-state index contributed by atoms with van der Waals surface area (Å²) in [6.45, 7) is 2.76. The molecule has 3 rings (SSSR count). The fraction of sp³-hybridized carbons (Fsp3) is 0.250. The van der Waals surface area contributed by atoms with Crippen molar-refractivity contribution in [3.63, 3.8) is 0 Å². The number of imidazole rings is 1. The molecule has 4 nitrogen and oxygen atoms in total. The van der Waals surface area contributed by atoms with Crippen LogP contribution in [0.4, 0.5) is 0 Å². The molecule has 92 valence electrons. The number of fused-ring (bicyclic) bond motifs is 1. The Labute approximate surface area is 113 Å². The average Bonchev–Trinajstić information content (AvgIpc) is 2.94. The first-order valence-electron chi connectivity index (χ1n) is 5.54. The molecular formula is C12H11ClN4S. The number of thiazole rings is 1. The summed E-state index contributed by atoms with van der Waals surface area (Å²) in [6.07, 6.45) is 5.45. The molecule has 0 fully saturated rings. The highest BCUT2D eigenvalue weighted by molar-refractivity contribution is 7.11. The number of pyridine rings is 1. The van der Waals surface area contributed by atoms with Crippen LogP contribution < -0.4 is 0 Å². The Balaban J connectivity index is 2.09. The molecule has 3 aromatic heterocycles. The summed E-state index contributed by atoms with van der Waals surface area (Å²) in [5.74, 6) is 1.26. The zero-order valence-corrected chi connectivity index (χ0v) is 11.4. The van der Waals surface area contributed by atoms with E-state index >= 15 is 0 Å². The summed E-state index contributed by atoms with van der Waals surface area (Å²) < 4.78 is 2.12. The van der Waals surface area contributed by atoms with Gasteiger partial charge < -0.3 is 4.57 Å². The van der Waals surface area contributed by atoms with Gasteiger partial charge in [0.15, 0.2) is 0 Å². The highest BCUT2D eigenvalue weighted by atomic mass is 35.5. The maximum Gasteiger partial charge on any atom is 0.125 e. The molecule has 0 aliphatic heterocycles. The van der Waals surface area contributed by atoms with Crippen LogP contribution in [-0.4, -0.2) is 19.5 Å². The first kappa shape index (κ1) is 11.6. The van der Waals surface area contributed by atoms with E-state index in [0.29, 0.717) is 5.88 Å². The van der Waals surface area contributed by atoms with E-state index in [1.54, 1.807) is 23.7 Å². The van der Waals surface area contributed by atoms with Crippen LogP contribution in [0.3, 0.4) is 0 Å². The average molecular weight is 279 g/mol. The van der Waals surface area contributed by atoms with E-state index in [4.69, 9.17) is 11.6 Å². The molecule has 0 amide bonds. The maximum absolute atomic E-state index is 5.96. The van der Waals surface area contributed by atoms with Gasteiger partial charge in [-0.05, 0) is 13.0 Å². The van der Waals surface area contributed by atoms with E-state index in [-0.39, 0.29) is 0 Å². The summed E-state index contributed by atoms with van der Waals surface area (Å²) in [5, 5.41) is 1.07. The zero-order chi connectivity index (χ0) is 12.5. The molecule has 0 unspecified atom stereocenters. The van der Waals surface area contributed by atoms with Crippen molar-refractivity contribution < 1.29 is 0 Å². The first-order chi connectivity index (χ1) is 8.78. The number of alkyl halides is 1. The van der Waals surface area contributed by atoms with Gasteiger partial charge in [0.2, 0.25) is 0 Å². The fourth-order valence-electron chi connectivity index (χ4n) is 1.94. The van der Waals surface area contributed by atoms with Gasteiger partial charge in [-0.25, -0.2) is 9.97 Å². The number of hydrogen-bond acceptors (Lipinski definition) is 4. The lowest BCUT2D eigenvalue weighted by Gasteiger charge is -2.05. The summed E-state index contributed by atoms with van der Waals surface area (Å²) in [7, 11) is 0. The van der Waals surface area contributed by atoms with E-state index < -0.39 is 0 Å². The molecular weight excluding hydrogens is 268 g/mol. The van der Waals surface area contributed by atoms with Crippen LogP contribution in [0.15, 0.2) is 24.7 Å². The molecule has 0 N–H and O–H groups in total. The standard InChI is InChI=1S/C12H11ClN4S/c1-8-15-5-9(18-8)7-17-11-2-3-14-6-10(11)16-12(17)4-13/h2-3,5-6H,4,7H2,1H3. The van der Waals surface area contributed by atoms with Gasteiger partial charge in [0.25, 0.3) is 0 Å². The molecule has 0 aliphatic carbocycles. The third-order valence-electron chi connectivity index (χ3n) is 2.73. The van der Waals surface area contributed by atoms with E-state index in [1.807, 2.05) is 19.2 Å². The van der Waals surface area contributed by atoms with Crippen molar-refractivity contribution in [1.29, 1.82) is 0 Å². The molecule has 3 aromatic rings. The minimum Gasteiger partial charge on any atom is -0.321 e. The van der Waals surface area contributed by atoms with Crippen LogP contribution >= 0.6 is 22.9 Å². The van der Waals surface area contributed by atoms with Gasteiger partial charge in [-0.15, -0.1) is 22.9 Å². The highest BCUT2D eigenvalue weighted by Gasteiger charge is 2.11. The van der Waals surface area contributed by atoms with Crippen molar-refractivity contribution in [3.8, 4) is 0 Å². The molecule has 0 atom stereocenters. The normalized spacial score (nSPS) is 11.2. The smallest absolute Gasteiger partial charge is 0.125 e. The van der Waals surface area contributed by atoms with Gasteiger partial charge in [-0.2, -0.15) is 0 Å². The Morgan fingerprint density at radius 2 is 2.28 bits per heavy atom. The molecule has 0 saturated carbocycles. The molecule has 6 heteroatoms. The molecule has 0 bridgehead atoms. The third kappa shape index (κ3) is 2.00. The zero-order valence-electron chi connectivity index (χ0n) is 9.80. The second-order valence-electron chi connectivity index (χ2n) is 3.96. The number of nitrogens with zero attached hydrogens (tertiary/aromatic N) is 4. The lowest BCUT2D eigenvalue weighted by atomic mass is 10.4. The first-order valence-corrected chi connectivity index (χ1v) is 6.89. The van der Waals surface area contributed by atoms with Crippen molar-refractivity contribution in [2.75, 3.05) is 0 Å². The van der Waals surface area contributed by atoms with Crippen LogP contribution in [0.1, 0.15) is 15.7 Å². The highest BCUT2D eigenvalue weighted by Crippen LogP contribution is 2.20. The second kappa shape index (κ2) is 4.66. The van der Waals surface area contributed by atoms with Crippen LogP contribution in [0.5, 0.6) is 0 Å². The number of halogens is 1. The van der Waals surface area contributed by atoms with Gasteiger partial charge in [0.05, 0.1) is 29.1 Å². The van der Waals surface area contributed by atoms with Gasteiger partial charge in [0, 0.05) is 17.3 Å². The minimum atomic E-state index is 0.395. The van der Waals surface area contributed by atoms with Crippen LogP contribution in [0, 0.1) is 6.92 Å². The summed E-state index contributed by atoms with van der Waals surface area (Å²) in [6, 6.07) is 1.96. The van der Waals surface area contributed by atoms with Crippen molar-refractivity contribution in [2.45, 2.75) is 19.3 Å². The van der Waals surface area contributed by atoms with Gasteiger partial charge in [-0.3, -0.25) is 4.98 Å². The largest absolute Gasteiger partial charge is 0.321 e. The number of hydrogen-bond donors (Lipinski definition) is 0. The Morgan fingerprint density at radius 1 is 1.39 bits per heavy atom. The van der Waals surface area contributed by atoms with Gasteiger partial charge in [0.1, 0.15) is 11.3 Å². The van der Waals surface area contributed by atoms with Gasteiger partial charge in [-0.1, -0.05) is 0 Å². The summed E-state index contributed by atoms with van der Waals surface area (Å²) in [5.41, 5.74) is 1.95. The lowest BCUT2D eigenvalue weighted by Crippen LogP contribution is -2.02. The molecule has 0 aromatic carbocycles. The van der Waals surface area contributed by atoms with Crippen LogP contribution in [-0.2, 0) is 12.4 Å². The SMILES string of the molecule is Cc1ncc(Cn2c(CCl)nc3cnccc32)s1. The Kier molecular flexibility index (Phi) is 3.01. The maximum atomic E-state index is 5.96. The number of rotatable bonds is 3. The van der Waals surface area contributed by atoms with E-state index in [1.165, 1.54) is 4.88 Å². The summed E-state index contributed by atoms with van der Waals surface area (Å²) in [4.78, 5) is 14.0. The van der Waals surface area contributed by atoms with Gasteiger partial charge >= 0.3 is 0 Å². The topological polar surface area (TPSA) is 43.6 Å². The van der Waals surface area contributed by atoms with Crippen molar-refractivity contribution in [2.24, 2.45) is 0 Å². The molecule has 0 saturated heterocycles. The number of aromatic nitrogens is 4. The lowest BCUT2D eigenvalue weighted by molar-refractivity contribution is 0.787. The number of aryl methyl sites for hydroxylation is 1. The predicted octanol–water partition coefficient (Wildman–Crippen LogP) is 2.98. The summed E-state index contributed by atoms with van der Waals surface area (Å²) >= 11 is 7.65. The molecule has 0 radical (unpaired) electrons. The van der Waals surface area contributed by atoms with Crippen LogP contribution in [0.2, 0.25) is 0 Å². The molecule has 0 aliphatic rings. The van der Waals surface area contributed by atoms with Crippen molar-refractivity contribution in [3.05, 3.63) is 40.4 Å². The molecule has 18 heavy (non-hydrogen) atoms. The minimum absolute atomic E-state index is 0.395. The molecule has 0 spiro atoms. The van der Waals surface area contributed by atoms with Crippen molar-refractivity contribution in [1.82, 2.24) is 19.5 Å². The third-order valence-corrected chi connectivity index (χ3v) is 3.87. The quantitative estimate of drug-likeness (QED) is 0.692. The Morgan fingerprint density at radius 3 is 3.00 bits per heavy atom. The molecule has 3 heterocycles. The predicted molar refractivity (Wildman–Crippen MR) is 73.0 cm³/mol.